The summed E-state index contributed by atoms with van der Waals surface area (Å²) in [5.74, 6) is 1.46. The second-order valence-electron chi connectivity index (χ2n) is 4.67. The number of hydrogen-bond acceptors (Lipinski definition) is 3. The second-order valence-corrected chi connectivity index (χ2v) is 5.59. The molecule has 98 valence electrons. The standard InChI is InChI=1S/C14H14BrN3O/c15-10-5-3-9(4-6-10)8-12-17-13-11(14(19)18-12)2-1-7-16-13/h3-6H,1-2,7-8H2,(H2,16,17,18,19). The van der Waals surface area contributed by atoms with Crippen molar-refractivity contribution in [1.82, 2.24) is 9.97 Å². The van der Waals surface area contributed by atoms with Gasteiger partial charge in [0.25, 0.3) is 5.56 Å². The van der Waals surface area contributed by atoms with Gasteiger partial charge in [0.15, 0.2) is 0 Å². The van der Waals surface area contributed by atoms with E-state index in [1.54, 1.807) is 0 Å². The highest BCUT2D eigenvalue weighted by atomic mass is 79.9. The molecular weight excluding hydrogens is 306 g/mol. The van der Waals surface area contributed by atoms with Crippen LogP contribution in [0.3, 0.4) is 0 Å². The first kappa shape index (κ1) is 12.4. The van der Waals surface area contributed by atoms with Gasteiger partial charge in [-0.2, -0.15) is 0 Å². The summed E-state index contributed by atoms with van der Waals surface area (Å²) in [7, 11) is 0. The normalized spacial score (nSPS) is 13.7. The Bertz CT molecular complexity index is 649. The quantitative estimate of drug-likeness (QED) is 0.894. The van der Waals surface area contributed by atoms with Gasteiger partial charge in [0.2, 0.25) is 0 Å². The largest absolute Gasteiger partial charge is 0.370 e. The number of anilines is 1. The summed E-state index contributed by atoms with van der Waals surface area (Å²) in [6.07, 6.45) is 2.44. The van der Waals surface area contributed by atoms with Crippen molar-refractivity contribution in [2.45, 2.75) is 19.3 Å². The number of halogens is 1. The van der Waals surface area contributed by atoms with E-state index in [0.29, 0.717) is 12.2 Å². The Morgan fingerprint density at radius 3 is 2.84 bits per heavy atom. The lowest BCUT2D eigenvalue weighted by atomic mass is 10.1. The lowest BCUT2D eigenvalue weighted by Crippen LogP contribution is -2.25. The van der Waals surface area contributed by atoms with Crippen LogP contribution in [0.1, 0.15) is 23.4 Å². The molecule has 1 aliphatic rings. The van der Waals surface area contributed by atoms with Crippen LogP contribution in [0.4, 0.5) is 5.82 Å². The Hall–Kier alpha value is -1.62. The van der Waals surface area contributed by atoms with Crippen molar-refractivity contribution in [2.24, 2.45) is 0 Å². The van der Waals surface area contributed by atoms with Crippen LogP contribution in [0.5, 0.6) is 0 Å². The van der Waals surface area contributed by atoms with Crippen LogP contribution in [0.25, 0.3) is 0 Å². The second kappa shape index (κ2) is 5.17. The maximum Gasteiger partial charge on any atom is 0.256 e. The van der Waals surface area contributed by atoms with Gasteiger partial charge in [-0.1, -0.05) is 28.1 Å². The molecule has 0 saturated carbocycles. The molecule has 5 heteroatoms. The van der Waals surface area contributed by atoms with Crippen LogP contribution in [0, 0.1) is 0 Å². The fraction of sp³-hybridized carbons (Fsp3) is 0.286. The molecule has 1 aliphatic heterocycles. The number of H-pyrrole nitrogens is 1. The molecule has 0 spiro atoms. The molecule has 0 saturated heterocycles. The average Bonchev–Trinajstić information content (AvgIpc) is 2.42. The molecule has 1 aromatic carbocycles. The first-order valence-electron chi connectivity index (χ1n) is 6.33. The van der Waals surface area contributed by atoms with Gasteiger partial charge >= 0.3 is 0 Å². The maximum atomic E-state index is 12.0. The zero-order chi connectivity index (χ0) is 13.2. The zero-order valence-electron chi connectivity index (χ0n) is 10.4. The fourth-order valence-corrected chi connectivity index (χ4v) is 2.54. The van der Waals surface area contributed by atoms with Crippen molar-refractivity contribution >= 4 is 21.7 Å². The highest BCUT2D eigenvalue weighted by molar-refractivity contribution is 9.10. The van der Waals surface area contributed by atoms with E-state index in [4.69, 9.17) is 0 Å². The molecule has 2 heterocycles. The van der Waals surface area contributed by atoms with Gasteiger partial charge in [0.05, 0.1) is 5.56 Å². The van der Waals surface area contributed by atoms with Gasteiger partial charge < -0.3 is 10.3 Å². The van der Waals surface area contributed by atoms with Crippen LogP contribution < -0.4 is 10.9 Å². The van der Waals surface area contributed by atoms with E-state index in [0.717, 1.165) is 40.8 Å². The Morgan fingerprint density at radius 1 is 1.26 bits per heavy atom. The Balaban J connectivity index is 1.91. The highest BCUT2D eigenvalue weighted by Gasteiger charge is 2.14. The van der Waals surface area contributed by atoms with Gasteiger partial charge in [0.1, 0.15) is 11.6 Å². The number of benzene rings is 1. The van der Waals surface area contributed by atoms with E-state index in [1.807, 2.05) is 24.3 Å². The van der Waals surface area contributed by atoms with Gasteiger partial charge in [-0.15, -0.1) is 0 Å². The fourth-order valence-electron chi connectivity index (χ4n) is 2.27. The first-order valence-corrected chi connectivity index (χ1v) is 7.12. The lowest BCUT2D eigenvalue weighted by Gasteiger charge is -2.16. The molecule has 0 unspecified atom stereocenters. The summed E-state index contributed by atoms with van der Waals surface area (Å²) in [4.78, 5) is 19.4. The van der Waals surface area contributed by atoms with E-state index in [2.05, 4.69) is 31.2 Å². The molecule has 0 atom stereocenters. The smallest absolute Gasteiger partial charge is 0.256 e. The lowest BCUT2D eigenvalue weighted by molar-refractivity contribution is 0.783. The molecular formula is C14H14BrN3O. The van der Waals surface area contributed by atoms with Gasteiger partial charge in [-0.25, -0.2) is 4.98 Å². The monoisotopic (exact) mass is 319 g/mol. The van der Waals surface area contributed by atoms with Crippen LogP contribution in [-0.4, -0.2) is 16.5 Å². The van der Waals surface area contributed by atoms with Crippen molar-refractivity contribution in [1.29, 1.82) is 0 Å². The van der Waals surface area contributed by atoms with Crippen LogP contribution >= 0.6 is 15.9 Å². The van der Waals surface area contributed by atoms with Crippen molar-refractivity contribution in [3.8, 4) is 0 Å². The summed E-state index contributed by atoms with van der Waals surface area (Å²) in [5.41, 5.74) is 1.90. The number of aromatic amines is 1. The third kappa shape index (κ3) is 2.71. The average molecular weight is 320 g/mol. The summed E-state index contributed by atoms with van der Waals surface area (Å²) < 4.78 is 1.05. The molecule has 0 bridgehead atoms. The first-order chi connectivity index (χ1) is 9.22. The Kier molecular flexibility index (Phi) is 3.38. The molecule has 0 aliphatic carbocycles. The molecule has 1 aromatic heterocycles. The summed E-state index contributed by atoms with van der Waals surface area (Å²) in [6.45, 7) is 0.890. The third-order valence-corrected chi connectivity index (χ3v) is 3.77. The third-order valence-electron chi connectivity index (χ3n) is 3.25. The minimum absolute atomic E-state index is 0.00990. The van der Waals surface area contributed by atoms with Crippen molar-refractivity contribution in [2.75, 3.05) is 11.9 Å². The number of hydrogen-bond donors (Lipinski definition) is 2. The minimum atomic E-state index is -0.00990. The zero-order valence-corrected chi connectivity index (χ0v) is 12.0. The highest BCUT2D eigenvalue weighted by Crippen LogP contribution is 2.17. The number of nitrogens with zero attached hydrogens (tertiary/aromatic N) is 1. The number of fused-ring (bicyclic) bond motifs is 1. The molecule has 2 N–H and O–H groups in total. The van der Waals surface area contributed by atoms with E-state index in [9.17, 15) is 4.79 Å². The van der Waals surface area contributed by atoms with Gasteiger partial charge in [-0.05, 0) is 30.5 Å². The number of rotatable bonds is 2. The van der Waals surface area contributed by atoms with E-state index in [-0.39, 0.29) is 5.56 Å². The number of nitrogens with one attached hydrogen (secondary N) is 2. The molecule has 0 fully saturated rings. The molecule has 0 amide bonds. The molecule has 4 nitrogen and oxygen atoms in total. The van der Waals surface area contributed by atoms with E-state index >= 15 is 0 Å². The van der Waals surface area contributed by atoms with Gasteiger partial charge in [-0.3, -0.25) is 4.79 Å². The summed E-state index contributed by atoms with van der Waals surface area (Å²) >= 11 is 3.41. The molecule has 2 aromatic rings. The van der Waals surface area contributed by atoms with E-state index < -0.39 is 0 Å². The maximum absolute atomic E-state index is 12.0. The molecule has 3 rings (SSSR count). The Morgan fingerprint density at radius 2 is 2.05 bits per heavy atom. The van der Waals surface area contributed by atoms with Crippen molar-refractivity contribution < 1.29 is 0 Å². The van der Waals surface area contributed by atoms with Crippen LogP contribution in [-0.2, 0) is 12.8 Å². The van der Waals surface area contributed by atoms with Crippen LogP contribution in [0.15, 0.2) is 33.5 Å². The molecule has 0 radical (unpaired) electrons. The minimum Gasteiger partial charge on any atom is -0.370 e. The topological polar surface area (TPSA) is 57.8 Å². The Labute approximate surface area is 119 Å². The SMILES string of the molecule is O=c1[nH]c(Cc2ccc(Br)cc2)nc2c1CCCN2. The summed E-state index contributed by atoms with van der Waals surface area (Å²) in [6, 6.07) is 8.03. The van der Waals surface area contributed by atoms with Crippen molar-refractivity contribution in [3.63, 3.8) is 0 Å². The predicted octanol–water partition coefficient (Wildman–Crippen LogP) is 2.48. The summed E-state index contributed by atoms with van der Waals surface area (Å²) in [5, 5.41) is 3.20. The van der Waals surface area contributed by atoms with Gasteiger partial charge in [0, 0.05) is 17.4 Å². The molecule has 19 heavy (non-hydrogen) atoms. The van der Waals surface area contributed by atoms with Crippen LogP contribution in [0.2, 0.25) is 0 Å². The van der Waals surface area contributed by atoms with E-state index in [1.165, 1.54) is 0 Å². The van der Waals surface area contributed by atoms with Crippen molar-refractivity contribution in [3.05, 3.63) is 56.0 Å². The predicted molar refractivity (Wildman–Crippen MR) is 78.6 cm³/mol. The number of aromatic nitrogens is 2.